The largest absolute Gasteiger partial charge is 0.388 e. The van der Waals surface area contributed by atoms with Gasteiger partial charge < -0.3 is 9.67 Å². The summed E-state index contributed by atoms with van der Waals surface area (Å²) in [5.41, 5.74) is 0. The summed E-state index contributed by atoms with van der Waals surface area (Å²) in [7, 11) is 0. The number of aliphatic hydroxyl groups is 1. The van der Waals surface area contributed by atoms with Gasteiger partial charge >= 0.3 is 0 Å². The first-order valence-electron chi connectivity index (χ1n) is 6.92. The molecule has 2 fully saturated rings. The summed E-state index contributed by atoms with van der Waals surface area (Å²) in [4.78, 5) is 0. The van der Waals surface area contributed by atoms with Crippen molar-refractivity contribution in [2.24, 2.45) is 5.92 Å². The van der Waals surface area contributed by atoms with Gasteiger partial charge in [0.05, 0.1) is 0 Å². The first-order valence-corrected chi connectivity index (χ1v) is 6.92. The van der Waals surface area contributed by atoms with Gasteiger partial charge in [0.1, 0.15) is 12.4 Å². The van der Waals surface area contributed by atoms with Gasteiger partial charge in [0.15, 0.2) is 5.82 Å². The number of hydrogen-bond donors (Lipinski definition) is 1. The maximum Gasteiger partial charge on any atom is 0.159 e. The number of aliphatic hydroxyl groups excluding tert-OH is 1. The molecule has 94 valence electrons. The van der Waals surface area contributed by atoms with Crippen molar-refractivity contribution in [2.75, 3.05) is 0 Å². The van der Waals surface area contributed by atoms with E-state index in [0.29, 0.717) is 6.04 Å². The van der Waals surface area contributed by atoms with Crippen LogP contribution in [0.3, 0.4) is 0 Å². The molecule has 0 saturated heterocycles. The molecule has 2 aliphatic rings. The summed E-state index contributed by atoms with van der Waals surface area (Å²) >= 11 is 0. The van der Waals surface area contributed by atoms with Crippen molar-refractivity contribution in [1.82, 2.24) is 14.8 Å². The molecule has 2 saturated carbocycles. The molecule has 17 heavy (non-hydrogen) atoms. The summed E-state index contributed by atoms with van der Waals surface area (Å²) in [6, 6.07) is 0.575. The molecule has 0 unspecified atom stereocenters. The van der Waals surface area contributed by atoms with E-state index in [9.17, 15) is 5.11 Å². The first kappa shape index (κ1) is 11.2. The summed E-state index contributed by atoms with van der Waals surface area (Å²) in [6.45, 7) is 0.0208. The lowest BCUT2D eigenvalue weighted by molar-refractivity contribution is 0.264. The molecule has 0 aromatic carbocycles. The van der Waals surface area contributed by atoms with Crippen molar-refractivity contribution in [3.63, 3.8) is 0 Å². The topological polar surface area (TPSA) is 50.9 Å². The van der Waals surface area contributed by atoms with Crippen LogP contribution in [0.25, 0.3) is 0 Å². The Kier molecular flexibility index (Phi) is 3.14. The molecule has 4 nitrogen and oxygen atoms in total. The van der Waals surface area contributed by atoms with Crippen molar-refractivity contribution in [1.29, 1.82) is 0 Å². The van der Waals surface area contributed by atoms with Crippen LogP contribution in [0.15, 0.2) is 0 Å². The molecule has 0 atom stereocenters. The highest BCUT2D eigenvalue weighted by Gasteiger charge is 2.29. The van der Waals surface area contributed by atoms with E-state index < -0.39 is 0 Å². The van der Waals surface area contributed by atoms with E-state index >= 15 is 0 Å². The summed E-state index contributed by atoms with van der Waals surface area (Å²) < 4.78 is 2.19. The SMILES string of the molecule is OCc1nnc(CCC2CCCC2)n1C1CC1. The molecular weight excluding hydrogens is 214 g/mol. The van der Waals surface area contributed by atoms with Gasteiger partial charge in [-0.3, -0.25) is 0 Å². The fourth-order valence-electron chi connectivity index (χ4n) is 3.03. The second kappa shape index (κ2) is 4.77. The Morgan fingerprint density at radius 1 is 1.06 bits per heavy atom. The molecule has 0 radical (unpaired) electrons. The Hall–Kier alpha value is -0.900. The second-order valence-electron chi connectivity index (χ2n) is 5.48. The highest BCUT2D eigenvalue weighted by atomic mass is 16.3. The lowest BCUT2D eigenvalue weighted by Crippen LogP contribution is -2.07. The van der Waals surface area contributed by atoms with Crippen LogP contribution in [0.5, 0.6) is 0 Å². The Labute approximate surface area is 102 Å². The van der Waals surface area contributed by atoms with Crippen LogP contribution >= 0.6 is 0 Å². The van der Waals surface area contributed by atoms with Gasteiger partial charge in [0.25, 0.3) is 0 Å². The zero-order chi connectivity index (χ0) is 11.7. The molecule has 3 rings (SSSR count). The molecule has 1 N–H and O–H groups in total. The van der Waals surface area contributed by atoms with Gasteiger partial charge in [0, 0.05) is 12.5 Å². The Morgan fingerprint density at radius 3 is 2.41 bits per heavy atom. The molecule has 1 aromatic heterocycles. The third-order valence-electron chi connectivity index (χ3n) is 4.14. The fourth-order valence-corrected chi connectivity index (χ4v) is 3.03. The van der Waals surface area contributed by atoms with E-state index in [0.717, 1.165) is 24.0 Å². The van der Waals surface area contributed by atoms with Crippen LogP contribution in [0.1, 0.15) is 62.6 Å². The monoisotopic (exact) mass is 235 g/mol. The van der Waals surface area contributed by atoms with Crippen LogP contribution in [0.2, 0.25) is 0 Å². The molecule has 2 aliphatic carbocycles. The van der Waals surface area contributed by atoms with Gasteiger partial charge in [-0.25, -0.2) is 0 Å². The number of hydrogen-bond acceptors (Lipinski definition) is 3. The molecule has 4 heteroatoms. The first-order chi connectivity index (χ1) is 8.38. The Morgan fingerprint density at radius 2 is 1.76 bits per heavy atom. The standard InChI is InChI=1S/C13H21N3O/c17-9-13-15-14-12(16(13)11-6-7-11)8-5-10-3-1-2-4-10/h10-11,17H,1-9H2. The third kappa shape index (κ3) is 2.37. The van der Waals surface area contributed by atoms with Gasteiger partial charge in [0.2, 0.25) is 0 Å². The highest BCUT2D eigenvalue weighted by Crippen LogP contribution is 2.37. The van der Waals surface area contributed by atoms with Crippen LogP contribution in [0, 0.1) is 5.92 Å². The van der Waals surface area contributed by atoms with Crippen molar-refractivity contribution in [2.45, 2.75) is 64.0 Å². The van der Waals surface area contributed by atoms with E-state index in [1.165, 1.54) is 44.9 Å². The van der Waals surface area contributed by atoms with Gasteiger partial charge in [-0.2, -0.15) is 0 Å². The van der Waals surface area contributed by atoms with Crippen molar-refractivity contribution in [3.8, 4) is 0 Å². The number of aryl methyl sites for hydroxylation is 1. The van der Waals surface area contributed by atoms with E-state index in [-0.39, 0.29) is 6.61 Å². The molecule has 0 amide bonds. The van der Waals surface area contributed by atoms with Gasteiger partial charge in [-0.05, 0) is 25.2 Å². The highest BCUT2D eigenvalue weighted by molar-refractivity contribution is 5.02. The summed E-state index contributed by atoms with van der Waals surface area (Å²) in [6.07, 6.45) is 10.3. The molecule has 0 spiro atoms. The maximum absolute atomic E-state index is 9.26. The zero-order valence-electron chi connectivity index (χ0n) is 10.3. The molecule has 0 bridgehead atoms. The maximum atomic E-state index is 9.26. The molecule has 0 aliphatic heterocycles. The van der Waals surface area contributed by atoms with E-state index in [2.05, 4.69) is 14.8 Å². The van der Waals surface area contributed by atoms with Crippen molar-refractivity contribution >= 4 is 0 Å². The fraction of sp³-hybridized carbons (Fsp3) is 0.846. The van der Waals surface area contributed by atoms with Gasteiger partial charge in [-0.15, -0.1) is 10.2 Å². The van der Waals surface area contributed by atoms with Crippen LogP contribution < -0.4 is 0 Å². The average molecular weight is 235 g/mol. The molecular formula is C13H21N3O. The van der Waals surface area contributed by atoms with E-state index in [1.54, 1.807) is 0 Å². The van der Waals surface area contributed by atoms with Gasteiger partial charge in [-0.1, -0.05) is 25.7 Å². The minimum absolute atomic E-state index is 0.0208. The quantitative estimate of drug-likeness (QED) is 0.851. The zero-order valence-corrected chi connectivity index (χ0v) is 10.3. The minimum atomic E-state index is 0.0208. The third-order valence-corrected chi connectivity index (χ3v) is 4.14. The summed E-state index contributed by atoms with van der Waals surface area (Å²) in [5.74, 6) is 2.76. The lowest BCUT2D eigenvalue weighted by atomic mass is 10.0. The van der Waals surface area contributed by atoms with Crippen molar-refractivity contribution in [3.05, 3.63) is 11.6 Å². The minimum Gasteiger partial charge on any atom is -0.388 e. The smallest absolute Gasteiger partial charge is 0.159 e. The normalized spacial score (nSPS) is 21.2. The average Bonchev–Trinajstić information content (AvgIpc) is 2.92. The molecule has 1 heterocycles. The van der Waals surface area contributed by atoms with Crippen LogP contribution in [-0.2, 0) is 13.0 Å². The van der Waals surface area contributed by atoms with Crippen LogP contribution in [0.4, 0.5) is 0 Å². The van der Waals surface area contributed by atoms with E-state index in [4.69, 9.17) is 0 Å². The number of nitrogens with zero attached hydrogens (tertiary/aromatic N) is 3. The Balaban J connectivity index is 1.66. The number of aromatic nitrogens is 3. The predicted octanol–water partition coefficient (Wildman–Crippen LogP) is 2.23. The van der Waals surface area contributed by atoms with E-state index in [1.807, 2.05) is 0 Å². The van der Waals surface area contributed by atoms with Crippen LogP contribution in [-0.4, -0.2) is 19.9 Å². The second-order valence-corrected chi connectivity index (χ2v) is 5.48. The number of rotatable bonds is 5. The van der Waals surface area contributed by atoms with Crippen molar-refractivity contribution < 1.29 is 5.11 Å². The lowest BCUT2D eigenvalue weighted by Gasteiger charge is -2.10. The molecule has 1 aromatic rings. The Bertz CT molecular complexity index is 378. The summed E-state index contributed by atoms with van der Waals surface area (Å²) in [5, 5.41) is 17.6. The predicted molar refractivity (Wildman–Crippen MR) is 64.5 cm³/mol.